The third kappa shape index (κ3) is 5.63. The Labute approximate surface area is 167 Å². The first-order chi connectivity index (χ1) is 13.3. The molecule has 0 fully saturated rings. The van der Waals surface area contributed by atoms with Crippen LogP contribution in [0.3, 0.4) is 0 Å². The van der Waals surface area contributed by atoms with Crippen LogP contribution >= 0.6 is 11.3 Å². The number of rotatable bonds is 7. The van der Waals surface area contributed by atoms with E-state index >= 15 is 0 Å². The molecule has 0 saturated heterocycles. The zero-order valence-corrected chi connectivity index (χ0v) is 17.2. The van der Waals surface area contributed by atoms with Gasteiger partial charge in [0.25, 0.3) is 5.56 Å². The smallest absolute Gasteiger partial charge is 0.348 e. The van der Waals surface area contributed by atoms with Crippen molar-refractivity contribution < 1.29 is 19.1 Å². The molecule has 8 heteroatoms. The van der Waals surface area contributed by atoms with Gasteiger partial charge in [0, 0.05) is 12.6 Å². The number of ether oxygens (including phenoxy) is 2. The van der Waals surface area contributed by atoms with Crippen LogP contribution in [0.25, 0.3) is 0 Å². The van der Waals surface area contributed by atoms with E-state index in [1.807, 2.05) is 0 Å². The number of carbonyl (C=O) groups is 2. The number of esters is 2. The van der Waals surface area contributed by atoms with Crippen molar-refractivity contribution in [1.29, 1.82) is 0 Å². The quantitative estimate of drug-likeness (QED) is 0.662. The molecule has 150 valence electrons. The van der Waals surface area contributed by atoms with Crippen molar-refractivity contribution in [3.8, 4) is 0 Å². The van der Waals surface area contributed by atoms with Crippen molar-refractivity contribution >= 4 is 29.0 Å². The lowest BCUT2D eigenvalue weighted by molar-refractivity contribution is 0.0525. The lowest BCUT2D eigenvalue weighted by atomic mass is 10.1. The van der Waals surface area contributed by atoms with Gasteiger partial charge in [0.2, 0.25) is 0 Å². The number of hydrogen-bond donors (Lipinski definition) is 0. The van der Waals surface area contributed by atoms with Crippen LogP contribution in [0.2, 0.25) is 0 Å². The third-order valence-corrected chi connectivity index (χ3v) is 4.87. The standard InChI is InChI=1S/C20H24N2O5S/c1-5-27-18(24)14-6-8-15(9-7-14)21-20-22(11-10-13(2)3)17(23)12-16(28-20)19(25)26-4/h6-9,12-13H,5,10-11H2,1-4H3. The first-order valence-corrected chi connectivity index (χ1v) is 9.82. The minimum Gasteiger partial charge on any atom is -0.465 e. The summed E-state index contributed by atoms with van der Waals surface area (Å²) in [6, 6.07) is 7.84. The first kappa shape index (κ1) is 21.6. The number of hydrogen-bond acceptors (Lipinski definition) is 7. The number of methoxy groups -OCH3 is 1. The molecule has 0 amide bonds. The molecule has 0 N–H and O–H groups in total. The molecule has 1 aromatic carbocycles. The Hall–Kier alpha value is -2.74. The molecule has 28 heavy (non-hydrogen) atoms. The van der Waals surface area contributed by atoms with Crippen LogP contribution in [0.5, 0.6) is 0 Å². The topological polar surface area (TPSA) is 87.0 Å². The number of benzene rings is 1. The fourth-order valence-electron chi connectivity index (χ4n) is 2.34. The van der Waals surface area contributed by atoms with Crippen molar-refractivity contribution in [2.45, 2.75) is 33.7 Å². The molecule has 0 aliphatic heterocycles. The van der Waals surface area contributed by atoms with Gasteiger partial charge in [0.05, 0.1) is 25.0 Å². The highest BCUT2D eigenvalue weighted by Gasteiger charge is 2.12. The van der Waals surface area contributed by atoms with E-state index in [-0.39, 0.29) is 10.4 Å². The summed E-state index contributed by atoms with van der Waals surface area (Å²) in [5.74, 6) is -0.570. The highest BCUT2D eigenvalue weighted by molar-refractivity contribution is 7.11. The fraction of sp³-hybridized carbons (Fsp3) is 0.400. The zero-order chi connectivity index (χ0) is 20.7. The van der Waals surface area contributed by atoms with Crippen molar-refractivity contribution in [3.05, 3.63) is 55.9 Å². The lowest BCUT2D eigenvalue weighted by Crippen LogP contribution is -2.33. The summed E-state index contributed by atoms with van der Waals surface area (Å²) < 4.78 is 11.2. The van der Waals surface area contributed by atoms with E-state index in [0.29, 0.717) is 35.1 Å². The van der Waals surface area contributed by atoms with E-state index in [1.165, 1.54) is 13.2 Å². The van der Waals surface area contributed by atoms with Crippen molar-refractivity contribution in [2.75, 3.05) is 13.7 Å². The highest BCUT2D eigenvalue weighted by Crippen LogP contribution is 2.14. The second-order valence-corrected chi connectivity index (χ2v) is 7.45. The van der Waals surface area contributed by atoms with Gasteiger partial charge in [0.1, 0.15) is 4.88 Å². The van der Waals surface area contributed by atoms with Crippen LogP contribution in [0.1, 0.15) is 47.2 Å². The summed E-state index contributed by atoms with van der Waals surface area (Å²) in [5, 5.41) is 0. The Morgan fingerprint density at radius 1 is 1.18 bits per heavy atom. The molecule has 0 spiro atoms. The van der Waals surface area contributed by atoms with E-state index in [0.717, 1.165) is 17.8 Å². The van der Waals surface area contributed by atoms with Gasteiger partial charge < -0.3 is 9.47 Å². The van der Waals surface area contributed by atoms with Crippen molar-refractivity contribution in [2.24, 2.45) is 10.9 Å². The van der Waals surface area contributed by atoms with Crippen molar-refractivity contribution in [1.82, 2.24) is 4.57 Å². The van der Waals surface area contributed by atoms with E-state index in [1.54, 1.807) is 35.8 Å². The Bertz CT molecular complexity index is 958. The summed E-state index contributed by atoms with van der Waals surface area (Å²) in [6.45, 7) is 6.68. The van der Waals surface area contributed by atoms with E-state index in [4.69, 9.17) is 9.47 Å². The molecular formula is C20H24N2O5S. The predicted octanol–water partition coefficient (Wildman–Crippen LogP) is 3.15. The SMILES string of the molecule is CCOC(=O)c1ccc(N=c2sc(C(=O)OC)cc(=O)n2CCC(C)C)cc1. The van der Waals surface area contributed by atoms with Crippen LogP contribution in [-0.2, 0) is 16.0 Å². The van der Waals surface area contributed by atoms with E-state index < -0.39 is 11.9 Å². The molecule has 0 radical (unpaired) electrons. The van der Waals surface area contributed by atoms with Gasteiger partial charge in [-0.15, -0.1) is 0 Å². The molecule has 0 saturated carbocycles. The van der Waals surface area contributed by atoms with Gasteiger partial charge in [-0.3, -0.25) is 9.36 Å². The Kier molecular flexibility index (Phi) is 7.69. The maximum absolute atomic E-state index is 12.5. The van der Waals surface area contributed by atoms with Crippen LogP contribution in [0.15, 0.2) is 40.1 Å². The molecule has 0 atom stereocenters. The van der Waals surface area contributed by atoms with Gasteiger partial charge in [-0.1, -0.05) is 25.2 Å². The molecule has 7 nitrogen and oxygen atoms in total. The second kappa shape index (κ2) is 9.98. The van der Waals surface area contributed by atoms with Crippen LogP contribution in [0.4, 0.5) is 5.69 Å². The average Bonchev–Trinajstić information content (AvgIpc) is 2.67. The molecule has 1 heterocycles. The normalized spacial score (nSPS) is 11.5. The number of aromatic nitrogens is 1. The fourth-order valence-corrected chi connectivity index (χ4v) is 3.31. The molecule has 0 aliphatic rings. The first-order valence-electron chi connectivity index (χ1n) is 9.01. The number of carbonyl (C=O) groups excluding carboxylic acids is 2. The monoisotopic (exact) mass is 404 g/mol. The van der Waals surface area contributed by atoms with Gasteiger partial charge in [0.15, 0.2) is 4.80 Å². The summed E-state index contributed by atoms with van der Waals surface area (Å²) >= 11 is 1.09. The van der Waals surface area contributed by atoms with Gasteiger partial charge >= 0.3 is 11.9 Å². The molecule has 0 bridgehead atoms. The summed E-state index contributed by atoms with van der Waals surface area (Å²) in [7, 11) is 1.27. The molecule has 2 aromatic rings. The van der Waals surface area contributed by atoms with Crippen molar-refractivity contribution in [3.63, 3.8) is 0 Å². The van der Waals surface area contributed by atoms with Gasteiger partial charge in [-0.2, -0.15) is 0 Å². The van der Waals surface area contributed by atoms with Gasteiger partial charge in [-0.25, -0.2) is 14.6 Å². The Morgan fingerprint density at radius 2 is 1.86 bits per heavy atom. The number of nitrogens with zero attached hydrogens (tertiary/aromatic N) is 2. The predicted molar refractivity (Wildman–Crippen MR) is 107 cm³/mol. The minimum absolute atomic E-state index is 0.190. The summed E-state index contributed by atoms with van der Waals surface area (Å²) in [5.41, 5.74) is 0.677. The maximum atomic E-state index is 12.5. The Balaban J connectivity index is 2.50. The highest BCUT2D eigenvalue weighted by atomic mass is 32.1. The second-order valence-electron chi connectivity index (χ2n) is 6.44. The summed E-state index contributed by atoms with van der Waals surface area (Å²) in [4.78, 5) is 41.3. The summed E-state index contributed by atoms with van der Waals surface area (Å²) in [6.07, 6.45) is 0.800. The third-order valence-electron chi connectivity index (χ3n) is 3.87. The Morgan fingerprint density at radius 3 is 2.43 bits per heavy atom. The van der Waals surface area contributed by atoms with E-state index in [9.17, 15) is 14.4 Å². The maximum Gasteiger partial charge on any atom is 0.348 e. The van der Waals surface area contributed by atoms with Crippen LogP contribution < -0.4 is 10.4 Å². The molecule has 0 aliphatic carbocycles. The molecule has 0 unspecified atom stereocenters. The molecule has 1 aromatic heterocycles. The van der Waals surface area contributed by atoms with Gasteiger partial charge in [-0.05, 0) is 43.5 Å². The largest absolute Gasteiger partial charge is 0.465 e. The molecular weight excluding hydrogens is 380 g/mol. The minimum atomic E-state index is -0.577. The lowest BCUT2D eigenvalue weighted by Gasteiger charge is -2.09. The zero-order valence-electron chi connectivity index (χ0n) is 16.4. The molecule has 2 rings (SSSR count). The van der Waals surface area contributed by atoms with Crippen LogP contribution in [0, 0.1) is 5.92 Å². The average molecular weight is 404 g/mol. The van der Waals surface area contributed by atoms with Crippen LogP contribution in [-0.4, -0.2) is 30.2 Å². The van der Waals surface area contributed by atoms with E-state index in [2.05, 4.69) is 18.8 Å².